The van der Waals surface area contributed by atoms with Gasteiger partial charge in [-0.2, -0.15) is 0 Å². The predicted molar refractivity (Wildman–Crippen MR) is 112 cm³/mol. The van der Waals surface area contributed by atoms with E-state index < -0.39 is 11.7 Å². The van der Waals surface area contributed by atoms with Crippen LogP contribution in [0.1, 0.15) is 41.9 Å². The number of ether oxygens (including phenoxy) is 1. The van der Waals surface area contributed by atoms with E-state index in [4.69, 9.17) is 9.15 Å². The van der Waals surface area contributed by atoms with Crippen LogP contribution in [0.25, 0.3) is 11.5 Å². The number of benzene rings is 1. The van der Waals surface area contributed by atoms with Gasteiger partial charge in [-0.15, -0.1) is 11.3 Å². The number of nitrogens with one attached hydrogen (secondary N) is 2. The van der Waals surface area contributed by atoms with Gasteiger partial charge in [-0.1, -0.05) is 0 Å². The molecule has 2 heterocycles. The Morgan fingerprint density at radius 3 is 2.48 bits per heavy atom. The third kappa shape index (κ3) is 5.92. The summed E-state index contributed by atoms with van der Waals surface area (Å²) in [5.74, 6) is 1.08. The molecule has 0 fully saturated rings. The topological polar surface area (TPSA) is 93.5 Å². The molecule has 2 amide bonds. The minimum atomic E-state index is -0.575. The fourth-order valence-electron chi connectivity index (χ4n) is 2.48. The van der Waals surface area contributed by atoms with Crippen LogP contribution >= 0.6 is 11.3 Å². The van der Waals surface area contributed by atoms with Crippen molar-refractivity contribution in [2.75, 3.05) is 5.32 Å². The number of furan rings is 1. The van der Waals surface area contributed by atoms with Crippen molar-refractivity contribution in [1.29, 1.82) is 0 Å². The maximum Gasteiger partial charge on any atom is 0.412 e. The van der Waals surface area contributed by atoms with Gasteiger partial charge in [-0.05, 0) is 64.1 Å². The molecule has 152 valence electrons. The van der Waals surface area contributed by atoms with Gasteiger partial charge in [-0.3, -0.25) is 10.1 Å². The van der Waals surface area contributed by atoms with E-state index in [1.807, 2.05) is 24.4 Å². The highest BCUT2D eigenvalue weighted by atomic mass is 32.1. The van der Waals surface area contributed by atoms with Crippen LogP contribution in [0.2, 0.25) is 0 Å². The van der Waals surface area contributed by atoms with Crippen molar-refractivity contribution < 1.29 is 18.7 Å². The molecule has 1 aromatic carbocycles. The second-order valence-corrected chi connectivity index (χ2v) is 8.47. The number of carbonyl (C=O) groups is 2. The summed E-state index contributed by atoms with van der Waals surface area (Å²) < 4.78 is 10.9. The number of thiazole rings is 1. The van der Waals surface area contributed by atoms with Gasteiger partial charge in [0.05, 0.1) is 11.6 Å². The molecule has 0 aliphatic heterocycles. The summed E-state index contributed by atoms with van der Waals surface area (Å²) in [7, 11) is 0. The summed E-state index contributed by atoms with van der Waals surface area (Å²) in [6, 6.07) is 10.2. The fraction of sp³-hybridized carbons (Fsp3) is 0.286. The Hall–Kier alpha value is -3.13. The summed E-state index contributed by atoms with van der Waals surface area (Å²) >= 11 is 1.56. The molecule has 3 rings (SSSR count). The molecule has 0 spiro atoms. The van der Waals surface area contributed by atoms with Crippen LogP contribution in [0.5, 0.6) is 0 Å². The summed E-state index contributed by atoms with van der Waals surface area (Å²) in [4.78, 5) is 28.5. The van der Waals surface area contributed by atoms with E-state index in [0.717, 1.165) is 10.7 Å². The van der Waals surface area contributed by atoms with E-state index in [2.05, 4.69) is 15.6 Å². The molecular weight excluding hydrogens is 390 g/mol. The Morgan fingerprint density at radius 2 is 1.86 bits per heavy atom. The molecule has 0 saturated heterocycles. The average Bonchev–Trinajstić information content (AvgIpc) is 3.27. The Kier molecular flexibility index (Phi) is 6.03. The zero-order valence-corrected chi connectivity index (χ0v) is 17.6. The first-order valence-corrected chi connectivity index (χ1v) is 9.97. The van der Waals surface area contributed by atoms with Gasteiger partial charge in [0.1, 0.15) is 17.1 Å². The molecule has 29 heavy (non-hydrogen) atoms. The monoisotopic (exact) mass is 413 g/mol. The van der Waals surface area contributed by atoms with E-state index in [1.165, 1.54) is 0 Å². The van der Waals surface area contributed by atoms with Crippen molar-refractivity contribution in [3.8, 4) is 11.5 Å². The predicted octanol–water partition coefficient (Wildman–Crippen LogP) is 4.99. The number of aryl methyl sites for hydroxylation is 1. The number of aromatic nitrogens is 1. The third-order valence-corrected chi connectivity index (χ3v) is 4.52. The van der Waals surface area contributed by atoms with E-state index in [0.29, 0.717) is 22.8 Å². The second kappa shape index (κ2) is 8.48. The highest BCUT2D eigenvalue weighted by molar-refractivity contribution is 7.09. The van der Waals surface area contributed by atoms with Gasteiger partial charge < -0.3 is 14.5 Å². The first-order chi connectivity index (χ1) is 13.7. The normalized spacial score (nSPS) is 11.2. The molecule has 2 N–H and O–H groups in total. The molecule has 0 atom stereocenters. The second-order valence-electron chi connectivity index (χ2n) is 7.40. The number of anilines is 1. The molecule has 0 aliphatic rings. The highest BCUT2D eigenvalue weighted by Gasteiger charge is 2.16. The van der Waals surface area contributed by atoms with Crippen molar-refractivity contribution in [2.45, 2.75) is 39.8 Å². The van der Waals surface area contributed by atoms with Gasteiger partial charge in [0.2, 0.25) is 0 Å². The minimum Gasteiger partial charge on any atom is -0.458 e. The number of rotatable bonds is 5. The van der Waals surface area contributed by atoms with E-state index in [1.54, 1.807) is 56.4 Å². The number of nitrogens with zero attached hydrogens (tertiary/aromatic N) is 1. The zero-order valence-electron chi connectivity index (χ0n) is 16.7. The van der Waals surface area contributed by atoms with E-state index in [9.17, 15) is 9.59 Å². The maximum absolute atomic E-state index is 12.3. The van der Waals surface area contributed by atoms with Gasteiger partial charge in [0.15, 0.2) is 5.76 Å². The van der Waals surface area contributed by atoms with Crippen molar-refractivity contribution in [3.63, 3.8) is 0 Å². The number of hydrogen-bond acceptors (Lipinski definition) is 6. The van der Waals surface area contributed by atoms with Gasteiger partial charge in [0, 0.05) is 16.6 Å². The van der Waals surface area contributed by atoms with Crippen LogP contribution in [0.15, 0.2) is 46.2 Å². The molecule has 7 nitrogen and oxygen atoms in total. The van der Waals surface area contributed by atoms with Crippen LogP contribution in [-0.4, -0.2) is 22.6 Å². The van der Waals surface area contributed by atoms with Crippen LogP contribution in [-0.2, 0) is 11.3 Å². The summed E-state index contributed by atoms with van der Waals surface area (Å²) in [5, 5.41) is 8.35. The van der Waals surface area contributed by atoms with Gasteiger partial charge in [0.25, 0.3) is 5.91 Å². The first-order valence-electron chi connectivity index (χ1n) is 9.09. The lowest BCUT2D eigenvalue weighted by molar-refractivity contribution is 0.0635. The molecule has 8 heteroatoms. The molecule has 0 aliphatic carbocycles. The Balaban J connectivity index is 1.53. The summed E-state index contributed by atoms with van der Waals surface area (Å²) in [5.41, 5.74) is 1.23. The Bertz CT molecular complexity index is 1000. The van der Waals surface area contributed by atoms with Crippen LogP contribution < -0.4 is 10.6 Å². The molecule has 0 radical (unpaired) electrons. The van der Waals surface area contributed by atoms with Crippen molar-refractivity contribution >= 4 is 29.0 Å². The fourth-order valence-corrected chi connectivity index (χ4v) is 3.09. The summed E-state index contributed by atoms with van der Waals surface area (Å²) in [6.07, 6.45) is -0.543. The van der Waals surface area contributed by atoms with Crippen molar-refractivity contribution in [2.24, 2.45) is 0 Å². The molecule has 0 saturated carbocycles. The Morgan fingerprint density at radius 1 is 1.14 bits per heavy atom. The SMILES string of the molecule is Cc1nc(-c2ccc(CNC(=O)c3ccc(NC(=O)OC(C)(C)C)cc3)o2)cs1. The van der Waals surface area contributed by atoms with Crippen LogP contribution in [0, 0.1) is 6.92 Å². The molecule has 0 bridgehead atoms. The largest absolute Gasteiger partial charge is 0.458 e. The number of carbonyl (C=O) groups excluding carboxylic acids is 2. The van der Waals surface area contributed by atoms with Crippen LogP contribution in [0.3, 0.4) is 0 Å². The maximum atomic E-state index is 12.3. The first kappa shape index (κ1) is 20.6. The quantitative estimate of drug-likeness (QED) is 0.615. The van der Waals surface area contributed by atoms with E-state index in [-0.39, 0.29) is 12.5 Å². The average molecular weight is 413 g/mol. The van der Waals surface area contributed by atoms with Crippen LogP contribution in [0.4, 0.5) is 10.5 Å². The third-order valence-electron chi connectivity index (χ3n) is 3.75. The zero-order chi connectivity index (χ0) is 21.0. The number of amides is 2. The lowest BCUT2D eigenvalue weighted by Gasteiger charge is -2.19. The molecule has 2 aromatic heterocycles. The van der Waals surface area contributed by atoms with E-state index >= 15 is 0 Å². The molecule has 3 aromatic rings. The molecule has 0 unspecified atom stereocenters. The highest BCUT2D eigenvalue weighted by Crippen LogP contribution is 2.23. The number of hydrogen-bond donors (Lipinski definition) is 2. The van der Waals surface area contributed by atoms with Crippen molar-refractivity contribution in [1.82, 2.24) is 10.3 Å². The lowest BCUT2D eigenvalue weighted by Crippen LogP contribution is -2.27. The summed E-state index contributed by atoms with van der Waals surface area (Å²) in [6.45, 7) is 7.58. The lowest BCUT2D eigenvalue weighted by atomic mass is 10.2. The Labute approximate surface area is 173 Å². The molecular formula is C21H23N3O4S. The smallest absolute Gasteiger partial charge is 0.412 e. The standard InChI is InChI=1S/C21H23N3O4S/c1-13-23-17(12-29-13)18-10-9-16(27-18)11-22-19(25)14-5-7-15(8-6-14)24-20(26)28-21(2,3)4/h5-10,12H,11H2,1-4H3,(H,22,25)(H,24,26). The minimum absolute atomic E-state index is 0.240. The van der Waals surface area contributed by atoms with Gasteiger partial charge >= 0.3 is 6.09 Å². The van der Waals surface area contributed by atoms with Gasteiger partial charge in [-0.25, -0.2) is 9.78 Å². The van der Waals surface area contributed by atoms with Crippen molar-refractivity contribution in [3.05, 3.63) is 58.1 Å².